The highest BCUT2D eigenvalue weighted by molar-refractivity contribution is 7.87. The van der Waals surface area contributed by atoms with E-state index in [2.05, 4.69) is 15.3 Å². The second kappa shape index (κ2) is 23.8. The zero-order chi connectivity index (χ0) is 51.4. The van der Waals surface area contributed by atoms with E-state index >= 15 is 0 Å². The molecule has 7 rings (SSSR count). The molecule has 4 atom stereocenters. The Labute approximate surface area is 433 Å². The highest BCUT2D eigenvalue weighted by Gasteiger charge is 2.37. The summed E-state index contributed by atoms with van der Waals surface area (Å²) in [6.45, 7) is 13.4. The molecular formula is C49H70Cl3N11O7S. The van der Waals surface area contributed by atoms with Crippen LogP contribution in [0.3, 0.4) is 0 Å². The van der Waals surface area contributed by atoms with Crippen LogP contribution >= 0.6 is 35.6 Å². The molecule has 18 nitrogen and oxygen atoms in total. The predicted molar refractivity (Wildman–Crippen MR) is 283 cm³/mol. The second-order valence-corrected chi connectivity index (χ2v) is 22.2. The summed E-state index contributed by atoms with van der Waals surface area (Å²) in [5.41, 5.74) is 9.99. The number of hydrogen-bond donors (Lipinski definition) is 2. The SMILES string of the molecule is COC(C)C(C)N(C)C(=O)c1nn(S(=O)(=O)N(C)C)c(N2CCC[C@@H](NC(=O)OC(C)(C)C)C2)c1Cc1ccccc1Cl.Cc1cn2nc(N3CCC[C@@H](N)C3)c(Cc3ccccc3Cl)c2c(=O)n1C.Cl. The molecule has 3 aromatic heterocycles. The van der Waals surface area contributed by atoms with Gasteiger partial charge in [-0.2, -0.15) is 12.7 Å². The number of benzene rings is 2. The summed E-state index contributed by atoms with van der Waals surface area (Å²) in [6.07, 6.45) is 5.15. The average Bonchev–Trinajstić information content (AvgIpc) is 3.87. The molecule has 0 bridgehead atoms. The van der Waals surface area contributed by atoms with Crippen molar-refractivity contribution in [2.45, 2.75) is 110 Å². The van der Waals surface area contributed by atoms with E-state index in [1.165, 1.54) is 19.0 Å². The Kier molecular flexibility index (Phi) is 19.1. The molecule has 2 saturated heterocycles. The van der Waals surface area contributed by atoms with Crippen LogP contribution < -0.4 is 26.4 Å². The summed E-state index contributed by atoms with van der Waals surface area (Å²) in [4.78, 5) is 45.3. The Hall–Kier alpha value is -4.89. The fraction of sp³-hybridized carbons (Fsp3) is 0.531. The number of ether oxygens (including phenoxy) is 2. The number of halogens is 3. The largest absolute Gasteiger partial charge is 0.444 e. The molecule has 2 amide bonds. The molecule has 2 unspecified atom stereocenters. The van der Waals surface area contributed by atoms with Gasteiger partial charge in [-0.15, -0.1) is 26.7 Å². The zero-order valence-corrected chi connectivity index (χ0v) is 45.8. The summed E-state index contributed by atoms with van der Waals surface area (Å²) in [7, 11) is 3.65. The van der Waals surface area contributed by atoms with Crippen molar-refractivity contribution in [3.05, 3.63) is 109 Å². The van der Waals surface area contributed by atoms with Crippen LogP contribution in [0.2, 0.25) is 10.0 Å². The average molecular weight is 1060 g/mol. The standard InChI is InChI=1S/C29H45ClN6O6S.C20H24ClN5O.ClH/c1-19(20(2)41-9)34(8)27(37)25-23(17-21-13-10-11-15-24(21)30)26(36(32-25)43(39,40)33(6)7)35-16-12-14-22(18-35)31-28(38)42-29(3,4)5;1-13-11-26-18(20(27)24(13)2)16(10-14-6-3-4-8-17(14)21)19(23-26)25-9-5-7-15(22)12-25;/h10-11,13,15,19-20,22H,12,14,16-18H2,1-9H3,(H,31,38);3-4,6,8,11,15H,5,7,9-10,12,22H2,1-2H3;1H/t19?,20?,22-;15-;/m11./s1. The van der Waals surface area contributed by atoms with Crippen LogP contribution in [0.25, 0.3) is 5.52 Å². The summed E-state index contributed by atoms with van der Waals surface area (Å²) in [6, 6.07) is 14.4. The maximum atomic E-state index is 14.1. The molecule has 2 aromatic carbocycles. The van der Waals surface area contributed by atoms with Gasteiger partial charge in [-0.3, -0.25) is 9.59 Å². The molecule has 0 radical (unpaired) electrons. The first-order valence-electron chi connectivity index (χ1n) is 23.6. The van der Waals surface area contributed by atoms with Crippen molar-refractivity contribution in [1.82, 2.24) is 37.9 Å². The summed E-state index contributed by atoms with van der Waals surface area (Å²) >= 11 is 13.0. The molecule has 71 heavy (non-hydrogen) atoms. The number of methoxy groups -OCH3 is 1. The monoisotopic (exact) mass is 1060 g/mol. The molecule has 5 aromatic rings. The van der Waals surface area contributed by atoms with E-state index in [0.29, 0.717) is 52.5 Å². The number of alkyl carbamates (subject to hydrolysis) is 1. The fourth-order valence-electron chi connectivity index (χ4n) is 8.65. The van der Waals surface area contributed by atoms with Crippen LogP contribution in [0.15, 0.2) is 59.5 Å². The Morgan fingerprint density at radius 2 is 1.49 bits per heavy atom. The number of piperidine rings is 2. The van der Waals surface area contributed by atoms with Crippen molar-refractivity contribution in [3.8, 4) is 0 Å². The number of anilines is 2. The Morgan fingerprint density at radius 1 is 0.915 bits per heavy atom. The topological polar surface area (TPSA) is 195 Å². The number of hydrogen-bond acceptors (Lipinski definition) is 12. The lowest BCUT2D eigenvalue weighted by molar-refractivity contribution is 0.0350. The maximum Gasteiger partial charge on any atom is 0.407 e. The number of carbonyl (C=O) groups is 2. The lowest BCUT2D eigenvalue weighted by Gasteiger charge is -2.35. The minimum Gasteiger partial charge on any atom is -0.444 e. The number of rotatable bonds is 13. The highest BCUT2D eigenvalue weighted by Crippen LogP contribution is 2.34. The van der Waals surface area contributed by atoms with Crippen LogP contribution in [0.5, 0.6) is 0 Å². The first-order valence-corrected chi connectivity index (χ1v) is 25.7. The number of fused-ring (bicyclic) bond motifs is 1. The molecule has 2 fully saturated rings. The molecule has 2 aliphatic rings. The van der Waals surface area contributed by atoms with Crippen molar-refractivity contribution in [1.29, 1.82) is 0 Å². The third-order valence-electron chi connectivity index (χ3n) is 13.0. The van der Waals surface area contributed by atoms with Crippen molar-refractivity contribution in [3.63, 3.8) is 0 Å². The number of aromatic nitrogens is 5. The Bertz CT molecular complexity index is 2850. The van der Waals surface area contributed by atoms with Crippen molar-refractivity contribution >= 4 is 75.0 Å². The lowest BCUT2D eigenvalue weighted by atomic mass is 10.0. The molecule has 5 heterocycles. The van der Waals surface area contributed by atoms with E-state index in [1.807, 2.05) is 68.3 Å². The van der Waals surface area contributed by atoms with Crippen molar-refractivity contribution in [2.75, 3.05) is 64.2 Å². The van der Waals surface area contributed by atoms with Crippen LogP contribution in [0.4, 0.5) is 16.4 Å². The van der Waals surface area contributed by atoms with E-state index in [9.17, 15) is 22.8 Å². The van der Waals surface area contributed by atoms with E-state index < -0.39 is 27.8 Å². The van der Waals surface area contributed by atoms with Crippen molar-refractivity contribution in [2.24, 2.45) is 12.8 Å². The zero-order valence-electron chi connectivity index (χ0n) is 42.6. The fourth-order valence-corrected chi connectivity index (χ4v) is 9.99. The molecule has 2 aliphatic heterocycles. The molecular weight excluding hydrogens is 993 g/mol. The van der Waals surface area contributed by atoms with E-state index in [0.717, 1.165) is 57.0 Å². The number of nitrogens with two attached hydrogens (primary N) is 1. The van der Waals surface area contributed by atoms with Gasteiger partial charge in [-0.05, 0) is 90.5 Å². The number of aryl methyl sites for hydroxylation is 1. The van der Waals surface area contributed by atoms with Gasteiger partial charge in [-0.25, -0.2) is 9.31 Å². The number of nitrogens with zero attached hydrogens (tertiary/aromatic N) is 9. The number of likely N-dealkylation sites (N-methyl/N-ethyl adjacent to an activating group) is 1. The van der Waals surface area contributed by atoms with Gasteiger partial charge in [0.1, 0.15) is 16.9 Å². The van der Waals surface area contributed by atoms with Crippen LogP contribution in [-0.2, 0) is 39.6 Å². The molecule has 0 aliphatic carbocycles. The summed E-state index contributed by atoms with van der Waals surface area (Å²) in [5, 5.41) is 13.4. The first-order chi connectivity index (χ1) is 32.9. The molecule has 0 saturated carbocycles. The number of amides is 2. The van der Waals surface area contributed by atoms with Crippen LogP contribution in [0, 0.1) is 6.92 Å². The smallest absolute Gasteiger partial charge is 0.407 e. The Morgan fingerprint density at radius 3 is 2.06 bits per heavy atom. The third-order valence-corrected chi connectivity index (χ3v) is 15.3. The van der Waals surface area contributed by atoms with Gasteiger partial charge in [-0.1, -0.05) is 59.6 Å². The van der Waals surface area contributed by atoms with Gasteiger partial charge >= 0.3 is 16.3 Å². The lowest BCUT2D eigenvalue weighted by Crippen LogP contribution is -2.50. The maximum absolute atomic E-state index is 14.1. The highest BCUT2D eigenvalue weighted by atomic mass is 35.5. The van der Waals surface area contributed by atoms with Crippen LogP contribution in [-0.4, -0.2) is 137 Å². The minimum atomic E-state index is -4.17. The predicted octanol–water partition coefficient (Wildman–Crippen LogP) is 6.71. The molecule has 22 heteroatoms. The molecule has 390 valence electrons. The molecule has 0 spiro atoms. The van der Waals surface area contributed by atoms with Gasteiger partial charge in [0.25, 0.3) is 11.5 Å². The molecule has 3 N–H and O–H groups in total. The first kappa shape index (κ1) is 57.0. The van der Waals surface area contributed by atoms with Crippen LogP contribution in [0.1, 0.15) is 98.7 Å². The van der Waals surface area contributed by atoms with E-state index in [1.54, 1.807) is 63.2 Å². The van der Waals surface area contributed by atoms with Gasteiger partial charge < -0.3 is 39.8 Å². The van der Waals surface area contributed by atoms with Gasteiger partial charge in [0.15, 0.2) is 11.5 Å². The van der Waals surface area contributed by atoms with E-state index in [4.69, 9.17) is 43.5 Å². The van der Waals surface area contributed by atoms with Gasteiger partial charge in [0, 0.05) is 119 Å². The minimum absolute atomic E-state index is 0. The Balaban J connectivity index is 0.000000286. The van der Waals surface area contributed by atoms with Gasteiger partial charge in [0.05, 0.1) is 12.1 Å². The van der Waals surface area contributed by atoms with Gasteiger partial charge in [0.2, 0.25) is 0 Å². The summed E-state index contributed by atoms with van der Waals surface area (Å²) in [5.74, 6) is 0.647. The number of carbonyl (C=O) groups excluding carboxylic acids is 2. The number of nitrogens with one attached hydrogen (secondary N) is 1. The van der Waals surface area contributed by atoms with E-state index in [-0.39, 0.29) is 66.7 Å². The third kappa shape index (κ3) is 13.2. The quantitative estimate of drug-likeness (QED) is 0.127. The van der Waals surface area contributed by atoms with Crippen molar-refractivity contribution < 1.29 is 27.5 Å². The summed E-state index contributed by atoms with van der Waals surface area (Å²) < 4.78 is 43.7. The second-order valence-electron chi connectivity index (χ2n) is 19.4. The normalized spacial score (nSPS) is 17.3.